The highest BCUT2D eigenvalue weighted by atomic mass is 19.1. The van der Waals surface area contributed by atoms with Crippen molar-refractivity contribution in [2.45, 2.75) is 38.5 Å². The summed E-state index contributed by atoms with van der Waals surface area (Å²) in [4.78, 5) is 23.5. The van der Waals surface area contributed by atoms with E-state index >= 15 is 0 Å². The Kier molecular flexibility index (Phi) is 5.38. The zero-order valence-electron chi connectivity index (χ0n) is 16.6. The fraction of sp³-hybridized carbons (Fsp3) is 0.364. The van der Waals surface area contributed by atoms with E-state index in [1.807, 2.05) is 18.7 Å². The molecule has 0 bridgehead atoms. The first kappa shape index (κ1) is 19.2. The Hall–Kier alpha value is -3.09. The highest BCUT2D eigenvalue weighted by molar-refractivity contribution is 5.93. The number of hydrogen-bond acceptors (Lipinski definition) is 4. The first-order valence-corrected chi connectivity index (χ1v) is 9.93. The number of hydrogen-bond donors (Lipinski definition) is 1. The molecule has 1 amide bonds. The highest BCUT2D eigenvalue weighted by Crippen LogP contribution is 2.33. The van der Waals surface area contributed by atoms with Gasteiger partial charge in [-0.15, -0.1) is 0 Å². The maximum atomic E-state index is 13.3. The van der Waals surface area contributed by atoms with E-state index in [0.29, 0.717) is 18.7 Å². The van der Waals surface area contributed by atoms with E-state index in [1.54, 1.807) is 30.7 Å². The minimum Gasteiger partial charge on any atom is -0.338 e. The van der Waals surface area contributed by atoms with Gasteiger partial charge in [0.15, 0.2) is 0 Å². The number of halogens is 1. The van der Waals surface area contributed by atoms with Crippen LogP contribution in [0.2, 0.25) is 0 Å². The third-order valence-electron chi connectivity index (χ3n) is 5.38. The van der Waals surface area contributed by atoms with Gasteiger partial charge in [-0.25, -0.2) is 14.4 Å². The van der Waals surface area contributed by atoms with Gasteiger partial charge < -0.3 is 4.90 Å². The average molecular weight is 393 g/mol. The minimum absolute atomic E-state index is 0.0483. The SMILES string of the molecule is CC(C)c1ncc(C(=O)N2CCC[C@@H](c3[nH]ncc3-c3ccc(F)cc3)C2)cn1. The van der Waals surface area contributed by atoms with Crippen LogP contribution in [0.15, 0.2) is 42.9 Å². The molecule has 0 radical (unpaired) electrons. The Bertz CT molecular complexity index is 981. The molecule has 1 saturated heterocycles. The van der Waals surface area contributed by atoms with Crippen LogP contribution in [0.5, 0.6) is 0 Å². The molecule has 3 heterocycles. The number of piperidine rings is 1. The Balaban J connectivity index is 1.52. The number of rotatable bonds is 4. The number of carbonyl (C=O) groups is 1. The van der Waals surface area contributed by atoms with Crippen LogP contribution in [0.25, 0.3) is 11.1 Å². The van der Waals surface area contributed by atoms with E-state index in [9.17, 15) is 9.18 Å². The number of nitrogens with one attached hydrogen (secondary N) is 1. The number of likely N-dealkylation sites (tertiary alicyclic amines) is 1. The standard InChI is InChI=1S/C22H24FN5O/c1-14(2)21-24-10-17(11-25-21)22(29)28-9-3-4-16(13-28)20-19(12-26-27-20)15-5-7-18(23)8-6-15/h5-8,10-12,14,16H,3-4,9,13H2,1-2H3,(H,26,27)/t16-/m1/s1. The number of nitrogens with zero attached hydrogens (tertiary/aromatic N) is 4. The third-order valence-corrected chi connectivity index (χ3v) is 5.38. The minimum atomic E-state index is -0.265. The number of aromatic nitrogens is 4. The van der Waals surface area contributed by atoms with E-state index in [2.05, 4.69) is 20.2 Å². The van der Waals surface area contributed by atoms with Gasteiger partial charge in [-0.1, -0.05) is 26.0 Å². The number of benzene rings is 1. The third kappa shape index (κ3) is 4.04. The fourth-order valence-electron chi connectivity index (χ4n) is 3.79. The number of amides is 1. The van der Waals surface area contributed by atoms with Gasteiger partial charge in [-0.3, -0.25) is 9.89 Å². The van der Waals surface area contributed by atoms with Gasteiger partial charge in [0, 0.05) is 48.6 Å². The topological polar surface area (TPSA) is 74.8 Å². The van der Waals surface area contributed by atoms with Crippen molar-refractivity contribution in [1.82, 2.24) is 25.1 Å². The summed E-state index contributed by atoms with van der Waals surface area (Å²) in [6, 6.07) is 6.40. The Morgan fingerprint density at radius 2 is 1.90 bits per heavy atom. The summed E-state index contributed by atoms with van der Waals surface area (Å²) >= 11 is 0. The largest absolute Gasteiger partial charge is 0.338 e. The molecular formula is C22H24FN5O. The van der Waals surface area contributed by atoms with Gasteiger partial charge in [0.05, 0.1) is 11.8 Å². The number of H-pyrrole nitrogens is 1. The van der Waals surface area contributed by atoms with Crippen molar-refractivity contribution in [3.05, 3.63) is 65.8 Å². The van der Waals surface area contributed by atoms with Gasteiger partial charge in [0.2, 0.25) is 0 Å². The lowest BCUT2D eigenvalue weighted by Gasteiger charge is -2.32. The van der Waals surface area contributed by atoms with E-state index in [4.69, 9.17) is 0 Å². The Morgan fingerprint density at radius 3 is 2.59 bits per heavy atom. The lowest BCUT2D eigenvalue weighted by atomic mass is 9.90. The van der Waals surface area contributed by atoms with Crippen molar-refractivity contribution >= 4 is 5.91 Å². The van der Waals surface area contributed by atoms with Gasteiger partial charge in [0.1, 0.15) is 11.6 Å². The van der Waals surface area contributed by atoms with Crippen molar-refractivity contribution in [3.63, 3.8) is 0 Å². The molecule has 0 saturated carbocycles. The Morgan fingerprint density at radius 1 is 1.17 bits per heavy atom. The predicted molar refractivity (Wildman–Crippen MR) is 108 cm³/mol. The second-order valence-corrected chi connectivity index (χ2v) is 7.78. The summed E-state index contributed by atoms with van der Waals surface area (Å²) in [5.74, 6) is 0.793. The molecule has 1 atom stereocenters. The van der Waals surface area contributed by atoms with Crippen LogP contribution in [0.4, 0.5) is 4.39 Å². The number of carbonyl (C=O) groups excluding carboxylic acids is 1. The smallest absolute Gasteiger partial charge is 0.257 e. The summed E-state index contributed by atoms with van der Waals surface area (Å²) in [6.45, 7) is 5.35. The lowest BCUT2D eigenvalue weighted by molar-refractivity contribution is 0.0705. The lowest BCUT2D eigenvalue weighted by Crippen LogP contribution is -2.39. The molecule has 2 aromatic heterocycles. The molecule has 1 fully saturated rings. The van der Waals surface area contributed by atoms with Crippen LogP contribution in [0.3, 0.4) is 0 Å². The molecule has 1 aliphatic heterocycles. The molecule has 0 unspecified atom stereocenters. The molecule has 0 spiro atoms. The van der Waals surface area contributed by atoms with E-state index in [-0.39, 0.29) is 23.6 Å². The van der Waals surface area contributed by atoms with E-state index in [1.165, 1.54) is 12.1 Å². The van der Waals surface area contributed by atoms with Crippen molar-refractivity contribution in [2.75, 3.05) is 13.1 Å². The predicted octanol–water partition coefficient (Wildman–Crippen LogP) is 4.15. The maximum absolute atomic E-state index is 13.3. The van der Waals surface area contributed by atoms with Crippen LogP contribution < -0.4 is 0 Å². The summed E-state index contributed by atoms with van der Waals surface area (Å²) in [5.41, 5.74) is 3.36. The maximum Gasteiger partial charge on any atom is 0.257 e. The first-order valence-electron chi connectivity index (χ1n) is 9.93. The van der Waals surface area contributed by atoms with E-state index in [0.717, 1.165) is 35.5 Å². The van der Waals surface area contributed by atoms with Crippen LogP contribution >= 0.6 is 0 Å². The summed E-state index contributed by atoms with van der Waals surface area (Å²) < 4.78 is 13.3. The fourth-order valence-corrected chi connectivity index (χ4v) is 3.79. The van der Waals surface area contributed by atoms with Crippen LogP contribution in [-0.4, -0.2) is 44.1 Å². The molecule has 6 nitrogen and oxygen atoms in total. The highest BCUT2D eigenvalue weighted by Gasteiger charge is 2.28. The van der Waals surface area contributed by atoms with Crippen LogP contribution in [0.1, 0.15) is 60.4 Å². The molecule has 29 heavy (non-hydrogen) atoms. The Labute approximate surface area is 169 Å². The molecule has 1 aliphatic rings. The molecular weight excluding hydrogens is 369 g/mol. The van der Waals surface area contributed by atoms with Gasteiger partial charge in [0.25, 0.3) is 5.91 Å². The van der Waals surface area contributed by atoms with Crippen molar-refractivity contribution in [2.24, 2.45) is 0 Å². The summed E-state index contributed by atoms with van der Waals surface area (Å²) in [5, 5.41) is 7.31. The van der Waals surface area contributed by atoms with Gasteiger partial charge in [-0.05, 0) is 30.5 Å². The van der Waals surface area contributed by atoms with Crippen LogP contribution in [0, 0.1) is 5.82 Å². The second-order valence-electron chi connectivity index (χ2n) is 7.78. The molecule has 3 aromatic rings. The second kappa shape index (κ2) is 8.11. The number of aromatic amines is 1. The molecule has 7 heteroatoms. The summed E-state index contributed by atoms with van der Waals surface area (Å²) in [7, 11) is 0. The molecule has 1 aromatic carbocycles. The first-order chi connectivity index (χ1) is 14.0. The molecule has 0 aliphatic carbocycles. The van der Waals surface area contributed by atoms with Crippen molar-refractivity contribution in [1.29, 1.82) is 0 Å². The zero-order valence-corrected chi connectivity index (χ0v) is 16.6. The van der Waals surface area contributed by atoms with Gasteiger partial charge in [-0.2, -0.15) is 5.10 Å². The molecule has 150 valence electrons. The van der Waals surface area contributed by atoms with Gasteiger partial charge >= 0.3 is 0 Å². The monoisotopic (exact) mass is 393 g/mol. The summed E-state index contributed by atoms with van der Waals surface area (Å²) in [6.07, 6.45) is 6.87. The molecule has 4 rings (SSSR count). The van der Waals surface area contributed by atoms with Crippen molar-refractivity contribution < 1.29 is 9.18 Å². The van der Waals surface area contributed by atoms with Crippen LogP contribution in [-0.2, 0) is 0 Å². The average Bonchev–Trinajstić information content (AvgIpc) is 3.24. The quantitative estimate of drug-likeness (QED) is 0.723. The normalized spacial score (nSPS) is 17.0. The van der Waals surface area contributed by atoms with E-state index < -0.39 is 0 Å². The molecule has 1 N–H and O–H groups in total. The zero-order chi connectivity index (χ0) is 20.4. The van der Waals surface area contributed by atoms with Crippen molar-refractivity contribution in [3.8, 4) is 11.1 Å².